The molecule has 0 unspecified atom stereocenters. The Bertz CT molecular complexity index is 210. The van der Waals surface area contributed by atoms with Crippen LogP contribution in [0, 0.1) is 0 Å². The number of hydrogen-bond acceptors (Lipinski definition) is 3. The molecule has 0 aromatic heterocycles. The summed E-state index contributed by atoms with van der Waals surface area (Å²) in [5.41, 5.74) is 5.41. The number of amides is 1. The van der Waals surface area contributed by atoms with Crippen LogP contribution in [0.2, 0.25) is 0 Å². The molecule has 0 radical (unpaired) electrons. The molecule has 19 heavy (non-hydrogen) atoms. The van der Waals surface area contributed by atoms with Gasteiger partial charge in [-0.3, -0.25) is 4.79 Å². The lowest BCUT2D eigenvalue weighted by Crippen LogP contribution is -2.29. The van der Waals surface area contributed by atoms with Crippen LogP contribution in [-0.2, 0) is 9.53 Å². The Hall–Kier alpha value is -0.610. The minimum absolute atomic E-state index is 0.149. The van der Waals surface area contributed by atoms with Crippen LogP contribution in [0.5, 0.6) is 0 Å². The van der Waals surface area contributed by atoms with Gasteiger partial charge in [-0.2, -0.15) is 0 Å². The number of carbonyl (C=O) groups is 1. The quantitative estimate of drug-likeness (QED) is 0.524. The number of ether oxygens (including phenoxy) is 1. The Labute approximate surface area is 118 Å². The summed E-state index contributed by atoms with van der Waals surface area (Å²) >= 11 is 0. The van der Waals surface area contributed by atoms with Crippen molar-refractivity contribution in [1.29, 1.82) is 0 Å². The molecule has 0 rings (SSSR count). The number of hydrogen-bond donors (Lipinski definition) is 1. The first-order valence-corrected chi connectivity index (χ1v) is 7.74. The fourth-order valence-electron chi connectivity index (χ4n) is 1.89. The van der Waals surface area contributed by atoms with Crippen LogP contribution in [0.25, 0.3) is 0 Å². The van der Waals surface area contributed by atoms with E-state index >= 15 is 0 Å². The third-order valence-corrected chi connectivity index (χ3v) is 3.23. The first-order valence-electron chi connectivity index (χ1n) is 7.74. The van der Waals surface area contributed by atoms with E-state index in [9.17, 15) is 4.79 Å². The van der Waals surface area contributed by atoms with Crippen LogP contribution in [0.3, 0.4) is 0 Å². The number of carbonyl (C=O) groups excluding carboxylic acids is 1. The monoisotopic (exact) mass is 272 g/mol. The zero-order valence-corrected chi connectivity index (χ0v) is 12.8. The molecule has 0 spiro atoms. The smallest absolute Gasteiger partial charge is 0.224 e. The van der Waals surface area contributed by atoms with E-state index < -0.39 is 0 Å². The zero-order valence-electron chi connectivity index (χ0n) is 12.8. The topological polar surface area (TPSA) is 55.6 Å². The van der Waals surface area contributed by atoms with E-state index in [4.69, 9.17) is 10.5 Å². The maximum Gasteiger partial charge on any atom is 0.224 e. The Morgan fingerprint density at radius 2 is 1.74 bits per heavy atom. The van der Waals surface area contributed by atoms with Gasteiger partial charge in [-0.05, 0) is 19.4 Å². The second-order valence-electron chi connectivity index (χ2n) is 5.09. The van der Waals surface area contributed by atoms with E-state index in [0.717, 1.165) is 26.0 Å². The highest BCUT2D eigenvalue weighted by atomic mass is 16.5. The minimum Gasteiger partial charge on any atom is -0.381 e. The molecule has 0 heterocycles. The average Bonchev–Trinajstić information content (AvgIpc) is 2.42. The van der Waals surface area contributed by atoms with Crippen molar-refractivity contribution in [3.8, 4) is 0 Å². The van der Waals surface area contributed by atoms with Gasteiger partial charge >= 0.3 is 0 Å². The van der Waals surface area contributed by atoms with Crippen LogP contribution in [0.15, 0.2) is 0 Å². The highest BCUT2D eigenvalue weighted by Gasteiger charge is 2.07. The zero-order chi connectivity index (χ0) is 14.3. The molecule has 0 fully saturated rings. The molecular formula is C15H32N2O2. The number of nitrogens with two attached hydrogens (primary N) is 1. The van der Waals surface area contributed by atoms with Gasteiger partial charge in [-0.1, -0.05) is 39.0 Å². The summed E-state index contributed by atoms with van der Waals surface area (Å²) in [7, 11) is 1.83. The highest BCUT2D eigenvalue weighted by Crippen LogP contribution is 2.05. The summed E-state index contributed by atoms with van der Waals surface area (Å²) in [5.74, 6) is 0.149. The van der Waals surface area contributed by atoms with Gasteiger partial charge in [0.2, 0.25) is 5.91 Å². The SMILES string of the molecule is CCCCCCCCOCCC(=O)N(C)CCCN. The predicted octanol–water partition coefficient (Wildman–Crippen LogP) is 2.56. The summed E-state index contributed by atoms with van der Waals surface area (Å²) in [5, 5.41) is 0. The Balaban J connectivity index is 3.27. The van der Waals surface area contributed by atoms with E-state index in [1.165, 1.54) is 32.1 Å². The van der Waals surface area contributed by atoms with Gasteiger partial charge in [0, 0.05) is 20.2 Å². The van der Waals surface area contributed by atoms with Gasteiger partial charge in [0.15, 0.2) is 0 Å². The molecule has 0 saturated heterocycles. The minimum atomic E-state index is 0.149. The lowest BCUT2D eigenvalue weighted by atomic mass is 10.1. The molecule has 0 saturated carbocycles. The lowest BCUT2D eigenvalue weighted by molar-refractivity contribution is -0.131. The summed E-state index contributed by atoms with van der Waals surface area (Å²) in [6.45, 7) is 4.93. The van der Waals surface area contributed by atoms with Crippen LogP contribution in [0.4, 0.5) is 0 Å². The normalized spacial score (nSPS) is 10.7. The molecule has 0 aliphatic carbocycles. The largest absolute Gasteiger partial charge is 0.381 e. The van der Waals surface area contributed by atoms with Gasteiger partial charge in [0.25, 0.3) is 0 Å². The van der Waals surface area contributed by atoms with Crippen molar-refractivity contribution in [2.24, 2.45) is 5.73 Å². The first-order chi connectivity index (χ1) is 9.22. The van der Waals surface area contributed by atoms with Gasteiger partial charge < -0.3 is 15.4 Å². The Kier molecular flexibility index (Phi) is 13.4. The van der Waals surface area contributed by atoms with Crippen LogP contribution in [-0.4, -0.2) is 44.2 Å². The molecule has 0 bridgehead atoms. The first kappa shape index (κ1) is 18.4. The van der Waals surface area contributed by atoms with E-state index in [-0.39, 0.29) is 5.91 Å². The fourth-order valence-corrected chi connectivity index (χ4v) is 1.89. The third kappa shape index (κ3) is 12.2. The van der Waals surface area contributed by atoms with Crippen LogP contribution in [0.1, 0.15) is 58.3 Å². The molecule has 0 aliphatic heterocycles. The van der Waals surface area contributed by atoms with Gasteiger partial charge in [0.05, 0.1) is 13.0 Å². The maximum absolute atomic E-state index is 11.7. The van der Waals surface area contributed by atoms with Gasteiger partial charge in [-0.15, -0.1) is 0 Å². The third-order valence-electron chi connectivity index (χ3n) is 3.23. The molecule has 0 aromatic carbocycles. The van der Waals surface area contributed by atoms with Crippen molar-refractivity contribution in [3.05, 3.63) is 0 Å². The fraction of sp³-hybridized carbons (Fsp3) is 0.933. The molecule has 0 aliphatic rings. The second kappa shape index (κ2) is 13.8. The van der Waals surface area contributed by atoms with Crippen LogP contribution >= 0.6 is 0 Å². The van der Waals surface area contributed by atoms with E-state index in [0.29, 0.717) is 19.6 Å². The van der Waals surface area contributed by atoms with Crippen molar-refractivity contribution >= 4 is 5.91 Å². The number of rotatable bonds is 13. The Morgan fingerprint density at radius 1 is 1.05 bits per heavy atom. The van der Waals surface area contributed by atoms with E-state index in [1.807, 2.05) is 7.05 Å². The molecule has 4 heteroatoms. The summed E-state index contributed by atoms with van der Waals surface area (Å²) < 4.78 is 5.49. The highest BCUT2D eigenvalue weighted by molar-refractivity contribution is 5.75. The molecule has 0 aromatic rings. The van der Waals surface area contributed by atoms with Crippen LogP contribution < -0.4 is 5.73 Å². The lowest BCUT2D eigenvalue weighted by Gasteiger charge is -2.16. The molecular weight excluding hydrogens is 240 g/mol. The van der Waals surface area contributed by atoms with E-state index in [1.54, 1.807) is 4.90 Å². The maximum atomic E-state index is 11.7. The molecule has 2 N–H and O–H groups in total. The number of unbranched alkanes of at least 4 members (excludes halogenated alkanes) is 5. The summed E-state index contributed by atoms with van der Waals surface area (Å²) in [4.78, 5) is 13.4. The van der Waals surface area contributed by atoms with E-state index in [2.05, 4.69) is 6.92 Å². The molecule has 1 amide bonds. The van der Waals surface area contributed by atoms with Crippen molar-refractivity contribution < 1.29 is 9.53 Å². The average molecular weight is 272 g/mol. The van der Waals surface area contributed by atoms with Crippen molar-refractivity contribution in [3.63, 3.8) is 0 Å². The van der Waals surface area contributed by atoms with Crippen molar-refractivity contribution in [2.45, 2.75) is 58.3 Å². The second-order valence-corrected chi connectivity index (χ2v) is 5.09. The standard InChI is InChI=1S/C15H32N2O2/c1-3-4-5-6-7-8-13-19-14-10-15(18)17(2)12-9-11-16/h3-14,16H2,1-2H3. The summed E-state index contributed by atoms with van der Waals surface area (Å²) in [6, 6.07) is 0. The molecule has 114 valence electrons. The summed E-state index contributed by atoms with van der Waals surface area (Å²) in [6.07, 6.45) is 8.96. The van der Waals surface area contributed by atoms with Gasteiger partial charge in [0.1, 0.15) is 0 Å². The van der Waals surface area contributed by atoms with Gasteiger partial charge in [-0.25, -0.2) is 0 Å². The van der Waals surface area contributed by atoms with Crippen molar-refractivity contribution in [2.75, 3.05) is 33.4 Å². The molecule has 0 atom stereocenters. The molecule has 4 nitrogen and oxygen atoms in total. The predicted molar refractivity (Wildman–Crippen MR) is 80.1 cm³/mol. The van der Waals surface area contributed by atoms with Crippen molar-refractivity contribution in [1.82, 2.24) is 4.90 Å². The Morgan fingerprint density at radius 3 is 2.42 bits per heavy atom. The number of nitrogens with zero attached hydrogens (tertiary/aromatic N) is 1.